The van der Waals surface area contributed by atoms with Crippen molar-refractivity contribution in [3.05, 3.63) is 69.8 Å². The van der Waals surface area contributed by atoms with Gasteiger partial charge in [-0.2, -0.15) is 5.10 Å². The van der Waals surface area contributed by atoms with Crippen LogP contribution in [0.4, 0.5) is 8.78 Å². The number of rotatable bonds is 6. The van der Waals surface area contributed by atoms with E-state index in [4.69, 9.17) is 23.2 Å². The number of hydrogen-bond acceptors (Lipinski definition) is 6. The summed E-state index contributed by atoms with van der Waals surface area (Å²) in [7, 11) is 0. The smallest absolute Gasteiger partial charge is 0.242 e. The lowest BCUT2D eigenvalue weighted by Gasteiger charge is -2.36. The van der Waals surface area contributed by atoms with Gasteiger partial charge in [-0.15, -0.1) is 0 Å². The standard InChI is InChI=1S/C19H23ClF2N6.2C2H6/c1-12-19(20)17(9-25-26-12)27-7-6-16(15(23)11-27)28(24)10-14-5-3-2-4-13(14)8-18(21)22;2*1-2/h2-5,9,18,26H,1,6-8,10-11,23-24H2;2*1-2H3. The fraction of sp³-hybridized carbons (Fsp3) is 0.435. The molecule has 5 N–H and O–H groups in total. The van der Waals surface area contributed by atoms with Crippen LogP contribution in [0.1, 0.15) is 45.2 Å². The maximum absolute atomic E-state index is 12.8. The fourth-order valence-electron chi connectivity index (χ4n) is 3.32. The SMILES string of the molecule is C=C1NN=CC(N2CCC(N(N)Cc3ccccc3CC(F)F)=C(N)C2)=C1Cl.CC.CC. The van der Waals surface area contributed by atoms with Crippen molar-refractivity contribution in [3.8, 4) is 0 Å². The van der Waals surface area contributed by atoms with Crippen LogP contribution in [0, 0.1) is 0 Å². The molecule has 32 heavy (non-hydrogen) atoms. The van der Waals surface area contributed by atoms with E-state index in [-0.39, 0.29) is 6.42 Å². The first-order valence-corrected chi connectivity index (χ1v) is 11.2. The summed E-state index contributed by atoms with van der Waals surface area (Å²) in [5, 5.41) is 6.06. The number of hydrogen-bond donors (Lipinski definition) is 3. The molecule has 0 aromatic heterocycles. The van der Waals surface area contributed by atoms with Crippen LogP contribution in [0.3, 0.4) is 0 Å². The third-order valence-electron chi connectivity index (χ3n) is 4.75. The van der Waals surface area contributed by atoms with Crippen molar-refractivity contribution >= 4 is 17.8 Å². The molecule has 0 atom stereocenters. The average Bonchev–Trinajstić information content (AvgIpc) is 2.79. The summed E-state index contributed by atoms with van der Waals surface area (Å²) < 4.78 is 25.6. The van der Waals surface area contributed by atoms with Gasteiger partial charge in [-0.05, 0) is 11.1 Å². The van der Waals surface area contributed by atoms with Gasteiger partial charge in [0.2, 0.25) is 6.43 Å². The van der Waals surface area contributed by atoms with Gasteiger partial charge in [0.05, 0.1) is 41.4 Å². The molecule has 0 spiro atoms. The van der Waals surface area contributed by atoms with E-state index in [1.807, 2.05) is 44.7 Å². The average molecular weight is 469 g/mol. The Bertz CT molecular complexity index is 851. The monoisotopic (exact) mass is 468 g/mol. The van der Waals surface area contributed by atoms with Crippen LogP contribution in [0.15, 0.2) is 63.8 Å². The Morgan fingerprint density at radius 3 is 2.44 bits per heavy atom. The van der Waals surface area contributed by atoms with Crippen molar-refractivity contribution in [3.63, 3.8) is 0 Å². The summed E-state index contributed by atoms with van der Waals surface area (Å²) >= 11 is 6.31. The van der Waals surface area contributed by atoms with Crippen molar-refractivity contribution in [2.24, 2.45) is 16.7 Å². The Morgan fingerprint density at radius 2 is 1.84 bits per heavy atom. The van der Waals surface area contributed by atoms with Gasteiger partial charge in [0.25, 0.3) is 0 Å². The normalized spacial score (nSPS) is 15.7. The van der Waals surface area contributed by atoms with Crippen LogP contribution in [0.25, 0.3) is 0 Å². The van der Waals surface area contributed by atoms with Gasteiger partial charge in [-0.3, -0.25) is 5.43 Å². The third-order valence-corrected chi connectivity index (χ3v) is 5.17. The molecule has 0 aliphatic carbocycles. The summed E-state index contributed by atoms with van der Waals surface area (Å²) in [5.74, 6) is 6.24. The van der Waals surface area contributed by atoms with Gasteiger partial charge in [0.1, 0.15) is 0 Å². The van der Waals surface area contributed by atoms with Gasteiger partial charge >= 0.3 is 0 Å². The van der Waals surface area contributed by atoms with E-state index in [2.05, 4.69) is 17.1 Å². The van der Waals surface area contributed by atoms with Crippen LogP contribution in [-0.4, -0.2) is 35.6 Å². The highest BCUT2D eigenvalue weighted by Crippen LogP contribution is 2.26. The van der Waals surface area contributed by atoms with E-state index < -0.39 is 6.43 Å². The molecule has 1 aromatic carbocycles. The molecule has 0 radical (unpaired) electrons. The molecule has 0 bridgehead atoms. The van der Waals surface area contributed by atoms with Crippen LogP contribution in [0.2, 0.25) is 0 Å². The summed E-state index contributed by atoms with van der Waals surface area (Å²) in [6.07, 6.45) is -0.466. The van der Waals surface area contributed by atoms with Gasteiger partial charge < -0.3 is 15.6 Å². The van der Waals surface area contributed by atoms with Crippen molar-refractivity contribution in [1.29, 1.82) is 0 Å². The molecule has 1 aromatic rings. The minimum absolute atomic E-state index is 0.295. The van der Waals surface area contributed by atoms with Gasteiger partial charge in [-0.25, -0.2) is 14.6 Å². The van der Waals surface area contributed by atoms with Crippen molar-refractivity contribution in [1.82, 2.24) is 15.3 Å². The molecule has 178 valence electrons. The van der Waals surface area contributed by atoms with Crippen LogP contribution < -0.4 is 17.0 Å². The molecule has 0 saturated carbocycles. The number of benzene rings is 1. The predicted molar refractivity (Wildman–Crippen MR) is 130 cm³/mol. The Hall–Kier alpha value is -2.58. The summed E-state index contributed by atoms with van der Waals surface area (Å²) in [6.45, 7) is 13.2. The molecule has 3 rings (SSSR count). The third kappa shape index (κ3) is 7.24. The second kappa shape index (κ2) is 13.8. The zero-order valence-corrected chi connectivity index (χ0v) is 20.1. The maximum Gasteiger partial charge on any atom is 0.242 e. The topological polar surface area (TPSA) is 82.9 Å². The van der Waals surface area contributed by atoms with Crippen molar-refractivity contribution in [2.45, 2.75) is 53.5 Å². The van der Waals surface area contributed by atoms with E-state index in [9.17, 15) is 8.78 Å². The number of nitrogens with two attached hydrogens (primary N) is 2. The number of nitrogens with zero attached hydrogens (tertiary/aromatic N) is 3. The number of hydrazone groups is 1. The Labute approximate surface area is 195 Å². The minimum atomic E-state index is -2.40. The van der Waals surface area contributed by atoms with E-state index in [0.717, 1.165) is 17.0 Å². The molecule has 9 heteroatoms. The van der Waals surface area contributed by atoms with E-state index in [0.29, 0.717) is 48.0 Å². The predicted octanol–water partition coefficient (Wildman–Crippen LogP) is 4.65. The van der Waals surface area contributed by atoms with Crippen LogP contribution >= 0.6 is 11.6 Å². The first-order chi connectivity index (χ1) is 15.4. The molecule has 0 fully saturated rings. The highest BCUT2D eigenvalue weighted by Gasteiger charge is 2.25. The molecule has 0 saturated heterocycles. The fourth-order valence-corrected chi connectivity index (χ4v) is 3.53. The summed E-state index contributed by atoms with van der Waals surface area (Å²) in [6, 6.07) is 7.08. The first kappa shape index (κ1) is 27.5. The zero-order chi connectivity index (χ0) is 24.3. The molecule has 2 aliphatic rings. The van der Waals surface area contributed by atoms with Crippen molar-refractivity contribution < 1.29 is 8.78 Å². The zero-order valence-electron chi connectivity index (χ0n) is 19.3. The van der Waals surface area contributed by atoms with Crippen molar-refractivity contribution in [2.75, 3.05) is 13.1 Å². The molecule has 0 amide bonds. The molecular weight excluding hydrogens is 434 g/mol. The number of halogens is 3. The molecule has 6 nitrogen and oxygen atoms in total. The van der Waals surface area contributed by atoms with Gasteiger partial charge in [0, 0.05) is 25.1 Å². The highest BCUT2D eigenvalue weighted by atomic mass is 35.5. The summed E-state index contributed by atoms with van der Waals surface area (Å²) in [5.41, 5.74) is 13.0. The van der Waals surface area contributed by atoms with Crippen LogP contribution in [-0.2, 0) is 13.0 Å². The maximum atomic E-state index is 12.8. The number of hydrazine groups is 1. The lowest BCUT2D eigenvalue weighted by atomic mass is 10.0. The molecule has 2 aliphatic heterocycles. The van der Waals surface area contributed by atoms with Gasteiger partial charge in [0.15, 0.2) is 0 Å². The highest BCUT2D eigenvalue weighted by molar-refractivity contribution is 6.33. The molecular formula is C23H35ClF2N6. The molecule has 2 heterocycles. The van der Waals surface area contributed by atoms with E-state index >= 15 is 0 Å². The number of nitrogens with one attached hydrogen (secondary N) is 1. The Balaban J connectivity index is 0.00000121. The number of allylic oxidation sites excluding steroid dienone is 2. The van der Waals surface area contributed by atoms with Crippen LogP contribution in [0.5, 0.6) is 0 Å². The Morgan fingerprint density at radius 1 is 1.22 bits per heavy atom. The van der Waals surface area contributed by atoms with E-state index in [1.54, 1.807) is 23.4 Å². The minimum Gasteiger partial charge on any atom is -0.399 e. The quantitative estimate of drug-likeness (QED) is 0.418. The summed E-state index contributed by atoms with van der Waals surface area (Å²) in [4.78, 5) is 2.01. The lowest BCUT2D eigenvalue weighted by molar-refractivity contribution is 0.148. The Kier molecular flexibility index (Phi) is 11.8. The molecule has 0 unspecified atom stereocenters. The first-order valence-electron chi connectivity index (χ1n) is 10.8. The lowest BCUT2D eigenvalue weighted by Crippen LogP contribution is -2.42. The largest absolute Gasteiger partial charge is 0.399 e. The second-order valence-corrected chi connectivity index (χ2v) is 7.06. The number of alkyl halides is 2. The van der Waals surface area contributed by atoms with Gasteiger partial charge in [-0.1, -0.05) is 70.1 Å². The van der Waals surface area contributed by atoms with E-state index in [1.165, 1.54) is 0 Å². The second-order valence-electron chi connectivity index (χ2n) is 6.68.